The SMILES string of the molecule is CC(C)COc1ccc(/C=N\NC(=O)CCc2cc(C(C)(C)C)c(O)c(C(C)(C)C)c2)cc1. The van der Waals surface area contributed by atoms with Crippen molar-refractivity contribution in [2.24, 2.45) is 11.0 Å². The molecule has 0 aliphatic heterocycles. The molecule has 5 nitrogen and oxygen atoms in total. The third-order valence-electron chi connectivity index (χ3n) is 5.29. The summed E-state index contributed by atoms with van der Waals surface area (Å²) in [5.41, 5.74) is 5.96. The highest BCUT2D eigenvalue weighted by Gasteiger charge is 2.26. The van der Waals surface area contributed by atoms with Crippen LogP contribution in [0, 0.1) is 5.92 Å². The van der Waals surface area contributed by atoms with Crippen molar-refractivity contribution in [2.75, 3.05) is 6.61 Å². The number of aryl methyl sites for hydroxylation is 1. The van der Waals surface area contributed by atoms with Gasteiger partial charge in [0.25, 0.3) is 0 Å². The molecule has 0 saturated heterocycles. The molecule has 2 rings (SSSR count). The summed E-state index contributed by atoms with van der Waals surface area (Å²) in [4.78, 5) is 12.3. The number of rotatable bonds is 8. The van der Waals surface area contributed by atoms with E-state index in [9.17, 15) is 9.90 Å². The van der Waals surface area contributed by atoms with Crippen LogP contribution in [0.3, 0.4) is 0 Å². The van der Waals surface area contributed by atoms with E-state index in [0.717, 1.165) is 28.0 Å². The normalized spacial score (nSPS) is 12.4. The maximum atomic E-state index is 12.3. The van der Waals surface area contributed by atoms with Crippen LogP contribution in [-0.4, -0.2) is 23.8 Å². The number of benzene rings is 2. The van der Waals surface area contributed by atoms with Crippen molar-refractivity contribution in [1.29, 1.82) is 0 Å². The summed E-state index contributed by atoms with van der Waals surface area (Å²) >= 11 is 0. The van der Waals surface area contributed by atoms with Gasteiger partial charge in [-0.1, -0.05) is 67.5 Å². The molecular weight excluding hydrogens is 412 g/mol. The Labute approximate surface area is 199 Å². The van der Waals surface area contributed by atoms with Gasteiger partial charge in [0.05, 0.1) is 12.8 Å². The molecule has 0 bridgehead atoms. The van der Waals surface area contributed by atoms with E-state index in [1.54, 1.807) is 6.21 Å². The first kappa shape index (κ1) is 26.4. The molecule has 0 aliphatic rings. The first-order chi connectivity index (χ1) is 15.3. The molecule has 0 atom stereocenters. The minimum Gasteiger partial charge on any atom is -0.507 e. The molecular formula is C28H40N2O3. The van der Waals surface area contributed by atoms with Crippen molar-refractivity contribution in [1.82, 2.24) is 5.43 Å². The fourth-order valence-electron chi connectivity index (χ4n) is 3.39. The Morgan fingerprint density at radius 1 is 1.03 bits per heavy atom. The van der Waals surface area contributed by atoms with Crippen LogP contribution in [0.25, 0.3) is 0 Å². The molecule has 2 N–H and O–H groups in total. The lowest BCUT2D eigenvalue weighted by Gasteiger charge is -2.28. The van der Waals surface area contributed by atoms with Gasteiger partial charge in [0.15, 0.2) is 0 Å². The van der Waals surface area contributed by atoms with E-state index in [0.29, 0.717) is 31.1 Å². The van der Waals surface area contributed by atoms with E-state index in [1.807, 2.05) is 36.4 Å². The van der Waals surface area contributed by atoms with E-state index in [-0.39, 0.29) is 16.7 Å². The van der Waals surface area contributed by atoms with Crippen molar-refractivity contribution in [2.45, 2.75) is 79.1 Å². The van der Waals surface area contributed by atoms with Crippen molar-refractivity contribution >= 4 is 12.1 Å². The lowest BCUT2D eigenvalue weighted by Crippen LogP contribution is -2.20. The number of carbonyl (C=O) groups is 1. The van der Waals surface area contributed by atoms with Crippen LogP contribution in [-0.2, 0) is 22.0 Å². The minimum atomic E-state index is -0.192. The summed E-state index contributed by atoms with van der Waals surface area (Å²) in [5.74, 6) is 1.51. The van der Waals surface area contributed by atoms with Gasteiger partial charge < -0.3 is 9.84 Å². The Hall–Kier alpha value is -2.82. The summed E-state index contributed by atoms with van der Waals surface area (Å²) in [6.45, 7) is 17.4. The fraction of sp³-hybridized carbons (Fsp3) is 0.500. The Kier molecular flexibility index (Phi) is 8.70. The largest absolute Gasteiger partial charge is 0.507 e. The molecule has 0 saturated carbocycles. The van der Waals surface area contributed by atoms with Crippen LogP contribution in [0.2, 0.25) is 0 Å². The van der Waals surface area contributed by atoms with Gasteiger partial charge in [-0.15, -0.1) is 0 Å². The molecule has 0 unspecified atom stereocenters. The molecule has 0 fully saturated rings. The molecule has 5 heteroatoms. The smallest absolute Gasteiger partial charge is 0.240 e. The fourth-order valence-corrected chi connectivity index (χ4v) is 3.39. The number of hydrazone groups is 1. The number of carbonyl (C=O) groups excluding carboxylic acids is 1. The van der Waals surface area contributed by atoms with E-state index >= 15 is 0 Å². The number of nitrogens with zero attached hydrogens (tertiary/aromatic N) is 1. The number of hydrogen-bond donors (Lipinski definition) is 2. The lowest BCUT2D eigenvalue weighted by molar-refractivity contribution is -0.121. The van der Waals surface area contributed by atoms with E-state index in [1.165, 1.54) is 0 Å². The highest BCUT2D eigenvalue weighted by molar-refractivity contribution is 5.82. The maximum Gasteiger partial charge on any atom is 0.240 e. The van der Waals surface area contributed by atoms with Crippen LogP contribution in [0.4, 0.5) is 0 Å². The number of hydrogen-bond acceptors (Lipinski definition) is 4. The van der Waals surface area contributed by atoms with Crippen molar-refractivity contribution in [3.63, 3.8) is 0 Å². The second-order valence-corrected chi connectivity index (χ2v) is 11.1. The summed E-state index contributed by atoms with van der Waals surface area (Å²) in [7, 11) is 0. The van der Waals surface area contributed by atoms with Crippen LogP contribution in [0.5, 0.6) is 11.5 Å². The summed E-state index contributed by atoms with van der Waals surface area (Å²) < 4.78 is 5.68. The minimum absolute atomic E-state index is 0.147. The second kappa shape index (κ2) is 10.9. The second-order valence-electron chi connectivity index (χ2n) is 11.1. The highest BCUT2D eigenvalue weighted by atomic mass is 16.5. The molecule has 2 aromatic rings. The third kappa shape index (κ3) is 8.23. The van der Waals surface area contributed by atoms with E-state index < -0.39 is 0 Å². The van der Waals surface area contributed by atoms with Gasteiger partial charge in [-0.25, -0.2) is 5.43 Å². The average Bonchev–Trinajstić information content (AvgIpc) is 2.70. The van der Waals surface area contributed by atoms with Gasteiger partial charge in [-0.2, -0.15) is 5.10 Å². The highest BCUT2D eigenvalue weighted by Crippen LogP contribution is 2.39. The number of amides is 1. The molecule has 0 aromatic heterocycles. The molecule has 2 aromatic carbocycles. The number of phenols is 1. The average molecular weight is 453 g/mol. The van der Waals surface area contributed by atoms with Gasteiger partial charge in [0, 0.05) is 6.42 Å². The number of nitrogens with one attached hydrogen (secondary N) is 1. The Bertz CT molecular complexity index is 927. The van der Waals surface area contributed by atoms with Gasteiger partial charge in [-0.3, -0.25) is 4.79 Å². The van der Waals surface area contributed by atoms with Crippen LogP contribution < -0.4 is 10.2 Å². The molecule has 1 amide bonds. The zero-order valence-electron chi connectivity index (χ0n) is 21.5. The monoisotopic (exact) mass is 452 g/mol. The van der Waals surface area contributed by atoms with Gasteiger partial charge in [0.2, 0.25) is 5.91 Å². The molecule has 180 valence electrons. The summed E-state index contributed by atoms with van der Waals surface area (Å²) in [6, 6.07) is 11.6. The summed E-state index contributed by atoms with van der Waals surface area (Å²) in [5, 5.41) is 14.9. The maximum absolute atomic E-state index is 12.3. The predicted molar refractivity (Wildman–Crippen MR) is 136 cm³/mol. The first-order valence-electron chi connectivity index (χ1n) is 11.7. The topological polar surface area (TPSA) is 70.9 Å². The molecule has 0 aliphatic carbocycles. The number of aromatic hydroxyl groups is 1. The van der Waals surface area contributed by atoms with Gasteiger partial charge in [-0.05, 0) is 69.7 Å². The quantitative estimate of drug-likeness (QED) is 0.375. The van der Waals surface area contributed by atoms with E-state index in [4.69, 9.17) is 4.74 Å². The lowest BCUT2D eigenvalue weighted by atomic mass is 9.78. The number of phenolic OH excluding ortho intramolecular Hbond substituents is 1. The Morgan fingerprint density at radius 3 is 2.06 bits per heavy atom. The predicted octanol–water partition coefficient (Wildman–Crippen LogP) is 6.10. The van der Waals surface area contributed by atoms with Gasteiger partial charge >= 0.3 is 0 Å². The Balaban J connectivity index is 1.99. The zero-order valence-corrected chi connectivity index (χ0v) is 21.5. The third-order valence-corrected chi connectivity index (χ3v) is 5.29. The Morgan fingerprint density at radius 2 is 1.58 bits per heavy atom. The molecule has 33 heavy (non-hydrogen) atoms. The van der Waals surface area contributed by atoms with Crippen molar-refractivity contribution < 1.29 is 14.6 Å². The number of ether oxygens (including phenoxy) is 1. The standard InChI is InChI=1S/C28H40N2O3/c1-19(2)18-33-22-12-9-20(10-13-22)17-29-30-25(31)14-11-21-15-23(27(3,4)5)26(32)24(16-21)28(6,7)8/h9-10,12-13,15-17,19,32H,11,14,18H2,1-8H3,(H,30,31)/b29-17-. The molecule has 0 radical (unpaired) electrons. The zero-order chi connectivity index (χ0) is 24.8. The molecule has 0 heterocycles. The van der Waals surface area contributed by atoms with Gasteiger partial charge in [0.1, 0.15) is 11.5 Å². The molecule has 0 spiro atoms. The van der Waals surface area contributed by atoms with Crippen LogP contribution in [0.15, 0.2) is 41.5 Å². The summed E-state index contributed by atoms with van der Waals surface area (Å²) in [6.07, 6.45) is 2.52. The van der Waals surface area contributed by atoms with Crippen molar-refractivity contribution in [3.05, 3.63) is 58.7 Å². The van der Waals surface area contributed by atoms with E-state index in [2.05, 4.69) is 65.9 Å². The van der Waals surface area contributed by atoms with Crippen molar-refractivity contribution in [3.8, 4) is 11.5 Å². The van der Waals surface area contributed by atoms with Crippen LogP contribution in [0.1, 0.15) is 84.1 Å². The first-order valence-corrected chi connectivity index (χ1v) is 11.7. The van der Waals surface area contributed by atoms with Crippen LogP contribution >= 0.6 is 0 Å².